The van der Waals surface area contributed by atoms with Crippen LogP contribution in [0.15, 0.2) is 29.8 Å². The van der Waals surface area contributed by atoms with Crippen LogP contribution in [0.3, 0.4) is 0 Å². The molecule has 0 saturated heterocycles. The van der Waals surface area contributed by atoms with Crippen LogP contribution < -0.4 is 5.32 Å². The Bertz CT molecular complexity index is 487. The summed E-state index contributed by atoms with van der Waals surface area (Å²) in [4.78, 5) is 11.7. The normalized spacial score (nSPS) is 10.8. The molecular weight excluding hydrogens is 228 g/mol. The van der Waals surface area contributed by atoms with Crippen molar-refractivity contribution in [2.75, 3.05) is 20.3 Å². The van der Waals surface area contributed by atoms with Gasteiger partial charge < -0.3 is 10.1 Å². The number of carbonyl (C=O) groups excluding carboxylic acids is 1. The molecule has 0 atom stereocenters. The Hall–Kier alpha value is -2.12. The van der Waals surface area contributed by atoms with Crippen molar-refractivity contribution < 1.29 is 9.53 Å². The highest BCUT2D eigenvalue weighted by molar-refractivity contribution is 6.01. The first-order valence-electron chi connectivity index (χ1n) is 5.63. The summed E-state index contributed by atoms with van der Waals surface area (Å²) in [7, 11) is 1.56. The first-order chi connectivity index (χ1) is 8.67. The molecule has 1 amide bonds. The van der Waals surface area contributed by atoms with Gasteiger partial charge in [0.15, 0.2) is 0 Å². The lowest BCUT2D eigenvalue weighted by atomic mass is 10.1. The third kappa shape index (κ3) is 4.40. The summed E-state index contributed by atoms with van der Waals surface area (Å²) in [6, 6.07) is 9.52. The number of hydrogen-bond donors (Lipinski definition) is 1. The van der Waals surface area contributed by atoms with Gasteiger partial charge in [-0.1, -0.05) is 29.8 Å². The molecule has 0 unspecified atom stereocenters. The minimum absolute atomic E-state index is 0.0942. The lowest BCUT2D eigenvalue weighted by Crippen LogP contribution is -2.27. The number of nitrogens with one attached hydrogen (secondary N) is 1. The fourth-order valence-electron chi connectivity index (χ4n) is 1.44. The highest BCUT2D eigenvalue weighted by atomic mass is 16.5. The van der Waals surface area contributed by atoms with Crippen molar-refractivity contribution >= 4 is 12.0 Å². The largest absolute Gasteiger partial charge is 0.383 e. The molecule has 4 heteroatoms. The van der Waals surface area contributed by atoms with Crippen molar-refractivity contribution in [3.8, 4) is 6.07 Å². The maximum Gasteiger partial charge on any atom is 0.262 e. The Balaban J connectivity index is 2.77. The standard InChI is InChI=1S/C14H16N2O2/c1-11-4-3-5-12(8-11)9-13(10-15)14(17)16-6-7-18-2/h3-5,8-9H,6-7H2,1-2H3,(H,16,17)/b13-9+. The van der Waals surface area contributed by atoms with Crippen LogP contribution in [0.1, 0.15) is 11.1 Å². The Labute approximate surface area is 107 Å². The van der Waals surface area contributed by atoms with Crippen molar-refractivity contribution in [1.82, 2.24) is 5.32 Å². The molecule has 0 aliphatic heterocycles. The summed E-state index contributed by atoms with van der Waals surface area (Å²) in [5.74, 6) is -0.379. The topological polar surface area (TPSA) is 62.1 Å². The van der Waals surface area contributed by atoms with E-state index in [9.17, 15) is 4.79 Å². The van der Waals surface area contributed by atoms with E-state index in [-0.39, 0.29) is 11.5 Å². The fraction of sp³-hybridized carbons (Fsp3) is 0.286. The van der Waals surface area contributed by atoms with Gasteiger partial charge in [-0.25, -0.2) is 0 Å². The van der Waals surface area contributed by atoms with Gasteiger partial charge in [0.25, 0.3) is 5.91 Å². The second-order valence-electron chi connectivity index (χ2n) is 3.83. The molecule has 94 valence electrons. The summed E-state index contributed by atoms with van der Waals surface area (Å²) < 4.78 is 4.82. The van der Waals surface area contributed by atoms with Crippen molar-refractivity contribution in [1.29, 1.82) is 5.26 Å². The van der Waals surface area contributed by atoms with E-state index in [1.807, 2.05) is 37.3 Å². The summed E-state index contributed by atoms with van der Waals surface area (Å²) >= 11 is 0. The van der Waals surface area contributed by atoms with E-state index in [1.165, 1.54) is 0 Å². The van der Waals surface area contributed by atoms with Crippen molar-refractivity contribution in [2.45, 2.75) is 6.92 Å². The van der Waals surface area contributed by atoms with E-state index < -0.39 is 0 Å². The molecule has 0 heterocycles. The first-order valence-corrected chi connectivity index (χ1v) is 5.63. The number of amides is 1. The number of ether oxygens (including phenoxy) is 1. The van der Waals surface area contributed by atoms with Crippen LogP contribution >= 0.6 is 0 Å². The lowest BCUT2D eigenvalue weighted by molar-refractivity contribution is -0.117. The summed E-state index contributed by atoms with van der Waals surface area (Å²) in [6.45, 7) is 2.78. The van der Waals surface area contributed by atoms with Gasteiger partial charge in [-0.2, -0.15) is 5.26 Å². The van der Waals surface area contributed by atoms with Gasteiger partial charge in [0.1, 0.15) is 11.6 Å². The molecule has 0 bridgehead atoms. The maximum atomic E-state index is 11.7. The zero-order valence-electron chi connectivity index (χ0n) is 10.6. The molecule has 0 radical (unpaired) electrons. The number of aryl methyl sites for hydroxylation is 1. The van der Waals surface area contributed by atoms with E-state index in [0.29, 0.717) is 13.2 Å². The molecule has 1 aromatic rings. The molecule has 0 saturated carbocycles. The Kier molecular flexibility index (Phi) is 5.62. The average molecular weight is 244 g/mol. The van der Waals surface area contributed by atoms with Gasteiger partial charge in [-0.3, -0.25) is 4.79 Å². The molecule has 0 aliphatic rings. The molecular formula is C14H16N2O2. The third-order valence-corrected chi connectivity index (χ3v) is 2.31. The molecule has 1 N–H and O–H groups in total. The first kappa shape index (κ1) is 13.9. The number of hydrogen-bond acceptors (Lipinski definition) is 3. The molecule has 18 heavy (non-hydrogen) atoms. The minimum atomic E-state index is -0.379. The van der Waals surface area contributed by atoms with E-state index in [1.54, 1.807) is 13.2 Å². The Morgan fingerprint density at radius 2 is 2.33 bits per heavy atom. The number of nitriles is 1. The lowest BCUT2D eigenvalue weighted by Gasteiger charge is -2.03. The number of methoxy groups -OCH3 is 1. The monoisotopic (exact) mass is 244 g/mol. The van der Waals surface area contributed by atoms with Gasteiger partial charge in [-0.15, -0.1) is 0 Å². The molecule has 0 aromatic heterocycles. The van der Waals surface area contributed by atoms with E-state index in [4.69, 9.17) is 10.00 Å². The number of rotatable bonds is 5. The average Bonchev–Trinajstić information content (AvgIpc) is 2.36. The summed E-state index contributed by atoms with van der Waals surface area (Å²) in [5.41, 5.74) is 2.02. The number of nitrogens with zero attached hydrogens (tertiary/aromatic N) is 1. The molecule has 4 nitrogen and oxygen atoms in total. The van der Waals surface area contributed by atoms with Gasteiger partial charge >= 0.3 is 0 Å². The molecule has 1 rings (SSSR count). The van der Waals surface area contributed by atoms with E-state index in [0.717, 1.165) is 11.1 Å². The van der Waals surface area contributed by atoms with Crippen LogP contribution in [-0.4, -0.2) is 26.2 Å². The highest BCUT2D eigenvalue weighted by Gasteiger charge is 2.07. The maximum absolute atomic E-state index is 11.7. The van der Waals surface area contributed by atoms with Crippen LogP contribution in [0.2, 0.25) is 0 Å². The van der Waals surface area contributed by atoms with E-state index in [2.05, 4.69) is 5.32 Å². The van der Waals surface area contributed by atoms with Gasteiger partial charge in [0, 0.05) is 13.7 Å². The third-order valence-electron chi connectivity index (χ3n) is 2.31. The zero-order chi connectivity index (χ0) is 13.4. The van der Waals surface area contributed by atoms with Crippen LogP contribution in [0.25, 0.3) is 6.08 Å². The molecule has 0 aliphatic carbocycles. The summed E-state index contributed by atoms with van der Waals surface area (Å²) in [5, 5.41) is 11.6. The Morgan fingerprint density at radius 3 is 2.94 bits per heavy atom. The molecule has 1 aromatic carbocycles. The predicted molar refractivity (Wildman–Crippen MR) is 69.7 cm³/mol. The van der Waals surface area contributed by atoms with Crippen molar-refractivity contribution in [3.05, 3.63) is 41.0 Å². The van der Waals surface area contributed by atoms with Gasteiger partial charge in [0.05, 0.1) is 6.61 Å². The fourth-order valence-corrected chi connectivity index (χ4v) is 1.44. The van der Waals surface area contributed by atoms with Crippen LogP contribution in [0, 0.1) is 18.3 Å². The summed E-state index contributed by atoms with van der Waals surface area (Å²) in [6.07, 6.45) is 1.58. The van der Waals surface area contributed by atoms with Crippen molar-refractivity contribution in [3.63, 3.8) is 0 Å². The number of carbonyl (C=O) groups is 1. The smallest absolute Gasteiger partial charge is 0.262 e. The van der Waals surface area contributed by atoms with Gasteiger partial charge in [0.2, 0.25) is 0 Å². The van der Waals surface area contributed by atoms with Crippen LogP contribution in [-0.2, 0) is 9.53 Å². The molecule has 0 spiro atoms. The minimum Gasteiger partial charge on any atom is -0.383 e. The Morgan fingerprint density at radius 1 is 1.56 bits per heavy atom. The second kappa shape index (κ2) is 7.25. The molecule has 0 fully saturated rings. The van der Waals surface area contributed by atoms with Gasteiger partial charge in [-0.05, 0) is 18.6 Å². The highest BCUT2D eigenvalue weighted by Crippen LogP contribution is 2.09. The SMILES string of the molecule is COCCNC(=O)/C(C#N)=C/c1cccc(C)c1. The van der Waals surface area contributed by atoms with Crippen LogP contribution in [0.5, 0.6) is 0 Å². The second-order valence-corrected chi connectivity index (χ2v) is 3.83. The quantitative estimate of drug-likeness (QED) is 0.487. The predicted octanol–water partition coefficient (Wildman–Crippen LogP) is 1.66. The van der Waals surface area contributed by atoms with Crippen LogP contribution in [0.4, 0.5) is 0 Å². The zero-order valence-corrected chi connectivity index (χ0v) is 10.6. The van der Waals surface area contributed by atoms with Crippen molar-refractivity contribution in [2.24, 2.45) is 0 Å². The number of benzene rings is 1. The van der Waals surface area contributed by atoms with E-state index >= 15 is 0 Å².